The molecule has 1 aliphatic carbocycles. The van der Waals surface area contributed by atoms with Gasteiger partial charge in [-0.05, 0) is 106 Å². The lowest BCUT2D eigenvalue weighted by Crippen LogP contribution is -2.51. The fourth-order valence-corrected chi connectivity index (χ4v) is 8.97. The highest BCUT2D eigenvalue weighted by Gasteiger charge is 2.28. The van der Waals surface area contributed by atoms with Gasteiger partial charge in [-0.1, -0.05) is 37.3 Å². The van der Waals surface area contributed by atoms with Crippen molar-refractivity contribution in [3.05, 3.63) is 71.4 Å². The first-order valence-electron chi connectivity index (χ1n) is 20.5. The fraction of sp³-hybridized carbons (Fsp3) is 0.465. The highest BCUT2D eigenvalue weighted by Crippen LogP contribution is 2.37. The van der Waals surface area contributed by atoms with E-state index in [2.05, 4.69) is 86.7 Å². The molecule has 16 heteroatoms. The molecule has 1 unspecified atom stereocenters. The van der Waals surface area contributed by atoms with Crippen LogP contribution in [0.25, 0.3) is 21.3 Å². The van der Waals surface area contributed by atoms with Crippen molar-refractivity contribution in [1.82, 2.24) is 30.1 Å². The van der Waals surface area contributed by atoms with Crippen molar-refractivity contribution in [2.75, 3.05) is 62.1 Å². The number of nitrogens with zero attached hydrogens (tertiary/aromatic N) is 6. The van der Waals surface area contributed by atoms with Crippen LogP contribution >= 0.6 is 11.3 Å². The molecule has 1 aliphatic heterocycles. The molecule has 3 atom stereocenters. The SMILES string of the molecule is CC(C)[C@H](N)C(=O)N[C@@H](CCCNC(N)=O)C(=O)Nc1ccc(CN(c2ccc3nc(N4CCOCC4)sc3c2)c2ccc3c4c(n(C)c3n2)CCC(N(C)C)C4)cc1. The number of nitrogens with two attached hydrogens (primary N) is 2. The number of hydrogen-bond donors (Lipinski definition) is 5. The van der Waals surface area contributed by atoms with Crippen LogP contribution in [0.3, 0.4) is 0 Å². The quantitative estimate of drug-likeness (QED) is 0.0932. The second kappa shape index (κ2) is 18.3. The molecule has 4 amide bonds. The number of carbonyl (C=O) groups excluding carboxylic acids is 3. The first kappa shape index (κ1) is 41.9. The smallest absolute Gasteiger partial charge is 0.312 e. The maximum absolute atomic E-state index is 13.6. The standard InChI is InChI=1S/C43H57N11O4S/c1-26(2)38(44)41(56)48-34(7-6-18-46-42(45)57)40(55)47-28-10-8-27(9-11-28)25-54(30-12-15-33-36(24-30)59-43(49-33)53-19-21-58-22-20-53)37-17-14-31-32-23-29(51(3)4)13-16-35(32)52(5)39(31)50-37/h8-12,14-15,17,24,26,29,34,38H,6-7,13,16,18-23,25,44H2,1-5H3,(H,47,55)(H,48,56)(H3,45,46,57)/t29?,34-,38-/m0/s1. The lowest BCUT2D eigenvalue weighted by Gasteiger charge is -2.28. The molecular weight excluding hydrogens is 767 g/mol. The number of morpholine rings is 1. The number of likely N-dealkylation sites (N-methyl/N-ethyl adjacent to an activating group) is 1. The van der Waals surface area contributed by atoms with Crippen LogP contribution in [-0.2, 0) is 40.8 Å². The molecule has 7 rings (SSSR count). The number of thiazole rings is 1. The number of hydrogen-bond acceptors (Lipinski definition) is 11. The molecule has 314 valence electrons. The Morgan fingerprint density at radius 2 is 1.78 bits per heavy atom. The Balaban J connectivity index is 1.16. The first-order valence-corrected chi connectivity index (χ1v) is 21.3. The van der Waals surface area contributed by atoms with E-state index in [4.69, 9.17) is 26.2 Å². The Kier molecular flexibility index (Phi) is 13.0. The Morgan fingerprint density at radius 1 is 1.02 bits per heavy atom. The molecule has 0 spiro atoms. The van der Waals surface area contributed by atoms with Gasteiger partial charge in [0.25, 0.3) is 0 Å². The highest BCUT2D eigenvalue weighted by atomic mass is 32.1. The van der Waals surface area contributed by atoms with Crippen molar-refractivity contribution in [3.63, 3.8) is 0 Å². The van der Waals surface area contributed by atoms with Crippen molar-refractivity contribution in [1.29, 1.82) is 0 Å². The topological polar surface area (TPSA) is 189 Å². The highest BCUT2D eigenvalue weighted by molar-refractivity contribution is 7.22. The van der Waals surface area contributed by atoms with Crippen LogP contribution < -0.4 is 37.2 Å². The van der Waals surface area contributed by atoms with Crippen LogP contribution in [0.2, 0.25) is 0 Å². The van der Waals surface area contributed by atoms with Crippen LogP contribution in [0.1, 0.15) is 49.9 Å². The number of aromatic nitrogens is 3. The number of fused-ring (bicyclic) bond motifs is 4. The summed E-state index contributed by atoms with van der Waals surface area (Å²) in [5.41, 5.74) is 18.6. The minimum atomic E-state index is -0.861. The Labute approximate surface area is 349 Å². The minimum Gasteiger partial charge on any atom is -0.378 e. The van der Waals surface area contributed by atoms with Crippen molar-refractivity contribution in [3.8, 4) is 0 Å². The number of anilines is 4. The van der Waals surface area contributed by atoms with Gasteiger partial charge in [-0.2, -0.15) is 0 Å². The van der Waals surface area contributed by atoms with Crippen molar-refractivity contribution in [2.45, 2.75) is 70.6 Å². The molecule has 0 bridgehead atoms. The second-order valence-electron chi connectivity index (χ2n) is 16.2. The zero-order valence-corrected chi connectivity index (χ0v) is 35.5. The summed E-state index contributed by atoms with van der Waals surface area (Å²) >= 11 is 1.69. The van der Waals surface area contributed by atoms with E-state index in [0.29, 0.717) is 37.9 Å². The van der Waals surface area contributed by atoms with E-state index in [1.807, 2.05) is 38.1 Å². The summed E-state index contributed by atoms with van der Waals surface area (Å²) in [7, 11) is 6.46. The Bertz CT molecular complexity index is 2280. The third kappa shape index (κ3) is 9.62. The largest absolute Gasteiger partial charge is 0.378 e. The van der Waals surface area contributed by atoms with E-state index in [1.165, 1.54) is 16.6 Å². The van der Waals surface area contributed by atoms with Gasteiger partial charge in [0, 0.05) is 61.7 Å². The molecule has 1 fully saturated rings. The molecule has 5 aromatic rings. The van der Waals surface area contributed by atoms with Gasteiger partial charge in [-0.3, -0.25) is 9.59 Å². The summed E-state index contributed by atoms with van der Waals surface area (Å²) in [5, 5.41) is 10.5. The predicted octanol–water partition coefficient (Wildman–Crippen LogP) is 4.63. The monoisotopic (exact) mass is 823 g/mol. The van der Waals surface area contributed by atoms with E-state index >= 15 is 0 Å². The summed E-state index contributed by atoms with van der Waals surface area (Å²) in [6.07, 6.45) is 3.86. The lowest BCUT2D eigenvalue weighted by molar-refractivity contribution is -0.128. The number of nitrogens with one attached hydrogen (secondary N) is 3. The predicted molar refractivity (Wildman–Crippen MR) is 235 cm³/mol. The normalized spacial score (nSPS) is 16.6. The van der Waals surface area contributed by atoms with Crippen LogP contribution in [-0.4, -0.2) is 102 Å². The number of carbonyl (C=O) groups is 3. The van der Waals surface area contributed by atoms with E-state index in [1.54, 1.807) is 11.3 Å². The molecule has 1 saturated heterocycles. The number of ether oxygens (including phenoxy) is 1. The number of pyridine rings is 1. The second-order valence-corrected chi connectivity index (χ2v) is 17.2. The molecule has 2 aromatic carbocycles. The summed E-state index contributed by atoms with van der Waals surface area (Å²) in [6, 6.07) is 16.7. The van der Waals surface area contributed by atoms with Gasteiger partial charge in [-0.15, -0.1) is 0 Å². The van der Waals surface area contributed by atoms with Crippen molar-refractivity contribution >= 4 is 72.8 Å². The van der Waals surface area contributed by atoms with Crippen LogP contribution in [0.5, 0.6) is 0 Å². The molecule has 59 heavy (non-hydrogen) atoms. The molecule has 7 N–H and O–H groups in total. The lowest BCUT2D eigenvalue weighted by atomic mass is 9.91. The zero-order chi connectivity index (χ0) is 41.8. The summed E-state index contributed by atoms with van der Waals surface area (Å²) in [4.78, 5) is 54.8. The minimum absolute atomic E-state index is 0.107. The zero-order valence-electron chi connectivity index (χ0n) is 34.7. The number of aryl methyl sites for hydroxylation is 1. The van der Waals surface area contributed by atoms with E-state index in [0.717, 1.165) is 70.4 Å². The number of primary amides is 1. The summed E-state index contributed by atoms with van der Waals surface area (Å²) < 4.78 is 8.96. The molecule has 2 aliphatic rings. The van der Waals surface area contributed by atoms with Gasteiger partial charge in [-0.25, -0.2) is 14.8 Å². The molecule has 0 saturated carbocycles. The van der Waals surface area contributed by atoms with Gasteiger partial charge in [0.2, 0.25) is 11.8 Å². The summed E-state index contributed by atoms with van der Waals surface area (Å²) in [6.45, 7) is 7.53. The number of urea groups is 1. The maximum Gasteiger partial charge on any atom is 0.312 e. The molecule has 0 radical (unpaired) electrons. The van der Waals surface area contributed by atoms with Gasteiger partial charge < -0.3 is 51.4 Å². The molecule has 3 aromatic heterocycles. The third-order valence-corrected chi connectivity index (χ3v) is 12.6. The molecule has 15 nitrogen and oxygen atoms in total. The van der Waals surface area contributed by atoms with Crippen LogP contribution in [0, 0.1) is 5.92 Å². The van der Waals surface area contributed by atoms with E-state index in [9.17, 15) is 14.4 Å². The van der Waals surface area contributed by atoms with E-state index in [-0.39, 0.29) is 24.8 Å². The number of benzene rings is 2. The van der Waals surface area contributed by atoms with Crippen LogP contribution in [0.4, 0.5) is 27.1 Å². The first-order chi connectivity index (χ1) is 28.4. The molecular formula is C43H57N11O4S. The van der Waals surface area contributed by atoms with Crippen LogP contribution in [0.15, 0.2) is 54.6 Å². The summed E-state index contributed by atoms with van der Waals surface area (Å²) in [5.74, 6) is -0.0630. The number of rotatable bonds is 15. The molecule has 4 heterocycles. The average Bonchev–Trinajstić information content (AvgIpc) is 3.79. The van der Waals surface area contributed by atoms with Gasteiger partial charge in [0.05, 0.1) is 29.5 Å². The Morgan fingerprint density at radius 3 is 2.49 bits per heavy atom. The maximum atomic E-state index is 13.6. The van der Waals surface area contributed by atoms with Gasteiger partial charge in [0.15, 0.2) is 5.13 Å². The van der Waals surface area contributed by atoms with Gasteiger partial charge >= 0.3 is 6.03 Å². The average molecular weight is 824 g/mol. The number of amides is 4. The van der Waals surface area contributed by atoms with Crippen molar-refractivity contribution in [2.24, 2.45) is 24.4 Å². The fourth-order valence-electron chi connectivity index (χ4n) is 7.92. The van der Waals surface area contributed by atoms with Crippen molar-refractivity contribution < 1.29 is 19.1 Å². The Hall–Kier alpha value is -5.29. The van der Waals surface area contributed by atoms with E-state index < -0.39 is 24.0 Å². The van der Waals surface area contributed by atoms with Gasteiger partial charge in [0.1, 0.15) is 17.5 Å². The third-order valence-electron chi connectivity index (χ3n) is 11.6.